The molecule has 3 rings (SSSR count). The fourth-order valence-electron chi connectivity index (χ4n) is 2.09. The third-order valence-corrected chi connectivity index (χ3v) is 3.68. The molecule has 0 aromatic heterocycles. The molecule has 1 N–H and O–H groups in total. The molecule has 1 amide bonds. The predicted octanol–water partition coefficient (Wildman–Crippen LogP) is 3.74. The number of carbonyl (C=O) groups excluding carboxylic acids is 1. The van der Waals surface area contributed by atoms with E-state index in [2.05, 4.69) is 5.32 Å². The summed E-state index contributed by atoms with van der Waals surface area (Å²) in [5.41, 5.74) is 1.68. The van der Waals surface area contributed by atoms with Crippen molar-refractivity contribution in [1.82, 2.24) is 5.32 Å². The first-order chi connectivity index (χ1) is 10.5. The van der Waals surface area contributed by atoms with Crippen LogP contribution >= 0.6 is 23.8 Å². The Balaban J connectivity index is 1.91. The molecule has 1 aliphatic heterocycles. The lowest BCUT2D eigenvalue weighted by Gasteiger charge is -2.13. The molecule has 0 radical (unpaired) electrons. The molecule has 1 aliphatic rings. The molecule has 0 aliphatic carbocycles. The molecular weight excluding hydrogens is 323 g/mol. The van der Waals surface area contributed by atoms with E-state index in [9.17, 15) is 9.18 Å². The Bertz CT molecular complexity index is 772. The van der Waals surface area contributed by atoms with E-state index < -0.39 is 0 Å². The summed E-state index contributed by atoms with van der Waals surface area (Å²) in [5.74, 6) is -0.595. The van der Waals surface area contributed by atoms with Crippen LogP contribution in [0.15, 0.2) is 54.2 Å². The van der Waals surface area contributed by atoms with E-state index in [0.717, 1.165) is 0 Å². The van der Waals surface area contributed by atoms with E-state index in [1.807, 2.05) is 0 Å². The molecule has 6 heteroatoms. The maximum atomic E-state index is 12.9. The fraction of sp³-hybridized carbons (Fsp3) is 0. The van der Waals surface area contributed by atoms with Crippen molar-refractivity contribution in [1.29, 1.82) is 0 Å². The molecule has 1 saturated heterocycles. The van der Waals surface area contributed by atoms with Gasteiger partial charge in [0.2, 0.25) is 0 Å². The summed E-state index contributed by atoms with van der Waals surface area (Å²) in [4.78, 5) is 13.9. The van der Waals surface area contributed by atoms with Crippen molar-refractivity contribution in [2.24, 2.45) is 0 Å². The minimum atomic E-state index is -0.328. The van der Waals surface area contributed by atoms with Gasteiger partial charge >= 0.3 is 0 Å². The average Bonchev–Trinajstić information content (AvgIpc) is 2.77. The van der Waals surface area contributed by atoms with Crippen LogP contribution in [0.3, 0.4) is 0 Å². The monoisotopic (exact) mass is 332 g/mol. The number of benzene rings is 2. The van der Waals surface area contributed by atoms with Gasteiger partial charge in [-0.3, -0.25) is 9.69 Å². The number of halogens is 2. The van der Waals surface area contributed by atoms with Crippen LogP contribution in [0, 0.1) is 5.82 Å². The fourth-order valence-corrected chi connectivity index (χ4v) is 2.51. The lowest BCUT2D eigenvalue weighted by atomic mass is 10.2. The second kappa shape index (κ2) is 5.87. The molecule has 0 saturated carbocycles. The topological polar surface area (TPSA) is 32.3 Å². The van der Waals surface area contributed by atoms with Gasteiger partial charge in [0.25, 0.3) is 5.91 Å². The number of anilines is 1. The van der Waals surface area contributed by atoms with E-state index in [1.54, 1.807) is 42.5 Å². The van der Waals surface area contributed by atoms with E-state index in [1.165, 1.54) is 17.0 Å². The van der Waals surface area contributed by atoms with Gasteiger partial charge in [0.05, 0.1) is 5.69 Å². The zero-order valence-electron chi connectivity index (χ0n) is 11.2. The van der Waals surface area contributed by atoms with Gasteiger partial charge in [0, 0.05) is 5.02 Å². The van der Waals surface area contributed by atoms with Crippen molar-refractivity contribution in [3.05, 3.63) is 70.6 Å². The van der Waals surface area contributed by atoms with E-state index in [4.69, 9.17) is 23.8 Å². The lowest BCUT2D eigenvalue weighted by molar-refractivity contribution is -0.113. The van der Waals surface area contributed by atoms with Crippen LogP contribution < -0.4 is 10.2 Å². The first kappa shape index (κ1) is 14.7. The first-order valence-electron chi connectivity index (χ1n) is 6.43. The number of nitrogens with zero attached hydrogens (tertiary/aromatic N) is 1. The van der Waals surface area contributed by atoms with E-state index >= 15 is 0 Å². The third-order valence-electron chi connectivity index (χ3n) is 3.14. The quantitative estimate of drug-likeness (QED) is 0.671. The van der Waals surface area contributed by atoms with Gasteiger partial charge in [-0.1, -0.05) is 23.7 Å². The predicted molar refractivity (Wildman–Crippen MR) is 89.0 cm³/mol. The highest BCUT2D eigenvalue weighted by Crippen LogP contribution is 2.24. The van der Waals surface area contributed by atoms with Gasteiger partial charge < -0.3 is 5.32 Å². The van der Waals surface area contributed by atoms with Crippen molar-refractivity contribution in [2.45, 2.75) is 0 Å². The van der Waals surface area contributed by atoms with Gasteiger partial charge in [-0.15, -0.1) is 0 Å². The highest BCUT2D eigenvalue weighted by molar-refractivity contribution is 7.80. The zero-order valence-corrected chi connectivity index (χ0v) is 12.8. The number of hydrogen-bond acceptors (Lipinski definition) is 2. The molecule has 2 aromatic rings. The number of amides is 1. The molecule has 0 atom stereocenters. The highest BCUT2D eigenvalue weighted by atomic mass is 35.5. The second-order valence-electron chi connectivity index (χ2n) is 4.66. The molecular formula is C16H10ClFN2OS. The summed E-state index contributed by atoms with van der Waals surface area (Å²) in [6, 6.07) is 12.7. The Labute approximate surface area is 137 Å². The lowest BCUT2D eigenvalue weighted by Crippen LogP contribution is -2.30. The Morgan fingerprint density at radius 3 is 2.36 bits per heavy atom. The number of nitrogens with one attached hydrogen (secondary N) is 1. The molecule has 0 spiro atoms. The molecule has 22 heavy (non-hydrogen) atoms. The Morgan fingerprint density at radius 1 is 1.09 bits per heavy atom. The molecule has 3 nitrogen and oxygen atoms in total. The van der Waals surface area contributed by atoms with Crippen LogP contribution in [0.1, 0.15) is 5.56 Å². The van der Waals surface area contributed by atoms with Crippen LogP contribution in [-0.4, -0.2) is 11.0 Å². The summed E-state index contributed by atoms with van der Waals surface area (Å²) in [5, 5.41) is 3.74. The molecule has 1 heterocycles. The molecule has 1 fully saturated rings. The Kier molecular flexibility index (Phi) is 3.92. The maximum absolute atomic E-state index is 12.9. The molecule has 0 unspecified atom stereocenters. The Hall–Kier alpha value is -2.24. The first-order valence-corrected chi connectivity index (χ1v) is 7.21. The van der Waals surface area contributed by atoms with Crippen LogP contribution in [-0.2, 0) is 4.79 Å². The maximum Gasteiger partial charge on any atom is 0.281 e. The van der Waals surface area contributed by atoms with Crippen molar-refractivity contribution in [3.8, 4) is 0 Å². The van der Waals surface area contributed by atoms with Crippen molar-refractivity contribution >= 4 is 46.6 Å². The van der Waals surface area contributed by atoms with Gasteiger partial charge in [-0.25, -0.2) is 4.39 Å². The highest BCUT2D eigenvalue weighted by Gasteiger charge is 2.31. The normalized spacial score (nSPS) is 16.3. The van der Waals surface area contributed by atoms with E-state index in [-0.39, 0.29) is 11.7 Å². The number of thiocarbonyl (C=S) groups is 1. The summed E-state index contributed by atoms with van der Waals surface area (Å²) < 4.78 is 12.9. The van der Waals surface area contributed by atoms with Gasteiger partial charge in [-0.2, -0.15) is 0 Å². The molecule has 0 bridgehead atoms. The van der Waals surface area contributed by atoms with Gasteiger partial charge in [-0.05, 0) is 60.3 Å². The van der Waals surface area contributed by atoms with Gasteiger partial charge in [0.15, 0.2) is 5.11 Å². The Morgan fingerprint density at radius 2 is 1.73 bits per heavy atom. The van der Waals surface area contributed by atoms with Crippen LogP contribution in [0.25, 0.3) is 6.08 Å². The second-order valence-corrected chi connectivity index (χ2v) is 5.48. The number of rotatable bonds is 2. The van der Waals surface area contributed by atoms with E-state index in [0.29, 0.717) is 27.1 Å². The summed E-state index contributed by atoms with van der Waals surface area (Å²) in [6.45, 7) is 0. The largest absolute Gasteiger partial charge is 0.327 e. The van der Waals surface area contributed by atoms with Gasteiger partial charge in [0.1, 0.15) is 11.5 Å². The summed E-state index contributed by atoms with van der Waals surface area (Å²) >= 11 is 11.1. The minimum Gasteiger partial charge on any atom is -0.327 e. The average molecular weight is 333 g/mol. The van der Waals surface area contributed by atoms with Crippen LogP contribution in [0.4, 0.5) is 10.1 Å². The number of hydrogen-bond donors (Lipinski definition) is 1. The van der Waals surface area contributed by atoms with Crippen LogP contribution in [0.2, 0.25) is 5.02 Å². The molecule has 2 aromatic carbocycles. The smallest absolute Gasteiger partial charge is 0.281 e. The standard InChI is InChI=1S/C16H10ClFN2OS/c17-11-3-7-13(8-4-11)20-15(21)14(19-16(20)22)9-10-1-5-12(18)6-2-10/h1-9H,(H,19,22)/b14-9-. The SMILES string of the molecule is O=C1/C(=C/c2ccc(F)cc2)NC(=S)N1c1ccc(Cl)cc1. The third kappa shape index (κ3) is 2.86. The van der Waals surface area contributed by atoms with Crippen LogP contribution in [0.5, 0.6) is 0 Å². The molecule has 110 valence electrons. The number of carbonyl (C=O) groups is 1. The van der Waals surface area contributed by atoms with Crippen molar-refractivity contribution in [2.75, 3.05) is 4.90 Å². The van der Waals surface area contributed by atoms with Crippen molar-refractivity contribution < 1.29 is 9.18 Å². The van der Waals surface area contributed by atoms with Crippen molar-refractivity contribution in [3.63, 3.8) is 0 Å². The minimum absolute atomic E-state index is 0.267. The zero-order chi connectivity index (χ0) is 15.7. The summed E-state index contributed by atoms with van der Waals surface area (Å²) in [6.07, 6.45) is 1.63. The summed E-state index contributed by atoms with van der Waals surface area (Å²) in [7, 11) is 0.